The Bertz CT molecular complexity index is 897. The van der Waals surface area contributed by atoms with Crippen molar-refractivity contribution < 1.29 is 14.3 Å². The summed E-state index contributed by atoms with van der Waals surface area (Å²) in [6.45, 7) is 4.08. The zero-order valence-corrected chi connectivity index (χ0v) is 18.0. The number of ether oxygens (including phenoxy) is 1. The Labute approximate surface area is 183 Å². The number of benzene rings is 2. The lowest BCUT2D eigenvalue weighted by atomic mass is 9.96. The zero-order chi connectivity index (χ0) is 21.6. The lowest BCUT2D eigenvalue weighted by Crippen LogP contribution is -2.53. The molecule has 0 saturated carbocycles. The number of piperidine rings is 1. The van der Waals surface area contributed by atoms with E-state index in [9.17, 15) is 9.59 Å². The first-order valence-corrected chi connectivity index (χ1v) is 10.9. The maximum Gasteiger partial charge on any atom is 0.321 e. The number of nitrogens with one attached hydrogen (secondary N) is 1. The molecule has 164 valence electrons. The third-order valence-electron chi connectivity index (χ3n) is 6.10. The molecular formula is C24H30N4O3. The summed E-state index contributed by atoms with van der Waals surface area (Å²) in [6.07, 6.45) is 1.68. The van der Waals surface area contributed by atoms with Gasteiger partial charge in [0.15, 0.2) is 0 Å². The minimum absolute atomic E-state index is 0.131. The first kappa shape index (κ1) is 21.0. The average Bonchev–Trinajstić information content (AvgIpc) is 2.84. The molecule has 0 aromatic heterocycles. The van der Waals surface area contributed by atoms with Gasteiger partial charge in [0.05, 0.1) is 18.7 Å². The minimum Gasteiger partial charge on any atom is -0.495 e. The molecule has 2 aromatic rings. The van der Waals surface area contributed by atoms with E-state index in [1.54, 1.807) is 12.0 Å². The lowest BCUT2D eigenvalue weighted by Gasteiger charge is -2.40. The van der Waals surface area contributed by atoms with Crippen molar-refractivity contribution in [2.24, 2.45) is 5.92 Å². The summed E-state index contributed by atoms with van der Waals surface area (Å²) in [5.41, 5.74) is 1.84. The summed E-state index contributed by atoms with van der Waals surface area (Å²) < 4.78 is 5.48. The van der Waals surface area contributed by atoms with Crippen LogP contribution in [0.5, 0.6) is 5.75 Å². The molecule has 7 heteroatoms. The quantitative estimate of drug-likeness (QED) is 0.821. The molecule has 2 fully saturated rings. The molecule has 4 rings (SSSR count). The van der Waals surface area contributed by atoms with Crippen LogP contribution in [0.4, 0.5) is 16.2 Å². The molecule has 1 atom stereocenters. The van der Waals surface area contributed by atoms with Gasteiger partial charge in [0.2, 0.25) is 5.91 Å². The number of piperazine rings is 1. The summed E-state index contributed by atoms with van der Waals surface area (Å²) in [6, 6.07) is 17.3. The molecule has 0 bridgehead atoms. The maximum absolute atomic E-state index is 13.2. The van der Waals surface area contributed by atoms with Crippen molar-refractivity contribution in [2.75, 3.05) is 56.6 Å². The van der Waals surface area contributed by atoms with Gasteiger partial charge in [-0.25, -0.2) is 4.79 Å². The Kier molecular flexibility index (Phi) is 6.60. The summed E-state index contributed by atoms with van der Waals surface area (Å²) in [4.78, 5) is 31.8. The second-order valence-electron chi connectivity index (χ2n) is 8.07. The maximum atomic E-state index is 13.2. The molecule has 0 radical (unpaired) electrons. The standard InChI is InChI=1S/C24H30N4O3/c1-31-22-12-6-5-11-21(22)26-14-16-27(17-15-26)23(29)19-8-7-13-28(18-19)24(30)25-20-9-3-2-4-10-20/h2-6,9-12,19H,7-8,13-18H2,1H3,(H,25,30)/t19-/m0/s1. The molecule has 31 heavy (non-hydrogen) atoms. The number of likely N-dealkylation sites (tertiary alicyclic amines) is 1. The van der Waals surface area contributed by atoms with Crippen molar-refractivity contribution in [3.05, 3.63) is 54.6 Å². The molecule has 0 spiro atoms. The van der Waals surface area contributed by atoms with Crippen molar-refractivity contribution in [3.63, 3.8) is 0 Å². The van der Waals surface area contributed by atoms with Crippen LogP contribution in [0.25, 0.3) is 0 Å². The number of rotatable bonds is 4. The van der Waals surface area contributed by atoms with Crippen molar-refractivity contribution in [1.29, 1.82) is 0 Å². The number of urea groups is 1. The number of amides is 3. The molecule has 3 amide bonds. The molecular weight excluding hydrogens is 392 g/mol. The minimum atomic E-state index is -0.135. The molecule has 0 unspecified atom stereocenters. The molecule has 2 aliphatic rings. The Morgan fingerprint density at radius 2 is 1.61 bits per heavy atom. The van der Waals surface area contributed by atoms with Gasteiger partial charge in [0.25, 0.3) is 0 Å². The van der Waals surface area contributed by atoms with Gasteiger partial charge >= 0.3 is 6.03 Å². The van der Waals surface area contributed by atoms with Crippen LogP contribution in [0.15, 0.2) is 54.6 Å². The third-order valence-corrected chi connectivity index (χ3v) is 6.10. The van der Waals surface area contributed by atoms with Crippen LogP contribution in [-0.2, 0) is 4.79 Å². The third kappa shape index (κ3) is 4.93. The highest BCUT2D eigenvalue weighted by Gasteiger charge is 2.33. The SMILES string of the molecule is COc1ccccc1N1CCN(C(=O)[C@H]2CCCN(C(=O)Nc3ccccc3)C2)CC1. The Hall–Kier alpha value is -3.22. The highest BCUT2D eigenvalue weighted by molar-refractivity contribution is 5.90. The fourth-order valence-electron chi connectivity index (χ4n) is 4.40. The van der Waals surface area contributed by atoms with Gasteiger partial charge in [-0.05, 0) is 37.1 Å². The van der Waals surface area contributed by atoms with Crippen LogP contribution in [0, 0.1) is 5.92 Å². The van der Waals surface area contributed by atoms with Crippen molar-refractivity contribution in [3.8, 4) is 5.75 Å². The number of carbonyl (C=O) groups is 2. The lowest BCUT2D eigenvalue weighted by molar-refractivity contribution is -0.137. The number of nitrogens with zero attached hydrogens (tertiary/aromatic N) is 3. The van der Waals surface area contributed by atoms with E-state index in [2.05, 4.69) is 16.3 Å². The second kappa shape index (κ2) is 9.73. The van der Waals surface area contributed by atoms with Gasteiger partial charge in [0, 0.05) is 45.0 Å². The average molecular weight is 423 g/mol. The molecule has 2 saturated heterocycles. The Morgan fingerprint density at radius 1 is 0.903 bits per heavy atom. The van der Waals surface area contributed by atoms with Crippen LogP contribution < -0.4 is 15.0 Å². The molecule has 2 heterocycles. The van der Waals surface area contributed by atoms with Crippen molar-refractivity contribution in [1.82, 2.24) is 9.80 Å². The monoisotopic (exact) mass is 422 g/mol. The van der Waals surface area contributed by atoms with E-state index in [0.29, 0.717) is 26.2 Å². The zero-order valence-electron chi connectivity index (χ0n) is 18.0. The van der Waals surface area contributed by atoms with Gasteiger partial charge in [0.1, 0.15) is 5.75 Å². The first-order chi connectivity index (χ1) is 15.2. The summed E-state index contributed by atoms with van der Waals surface area (Å²) in [7, 11) is 1.68. The predicted octanol–water partition coefficient (Wildman–Crippen LogP) is 3.29. The van der Waals surface area contributed by atoms with Crippen LogP contribution in [0.2, 0.25) is 0 Å². The fraction of sp³-hybridized carbons (Fsp3) is 0.417. The van der Waals surface area contributed by atoms with E-state index in [1.807, 2.05) is 53.4 Å². The van der Waals surface area contributed by atoms with E-state index >= 15 is 0 Å². The topological polar surface area (TPSA) is 65.1 Å². The Balaban J connectivity index is 1.32. The molecule has 7 nitrogen and oxygen atoms in total. The largest absolute Gasteiger partial charge is 0.495 e. The number of hydrogen-bond acceptors (Lipinski definition) is 4. The van der Waals surface area contributed by atoms with Crippen LogP contribution in [-0.4, -0.2) is 68.1 Å². The van der Waals surface area contributed by atoms with Gasteiger partial charge < -0.3 is 24.8 Å². The number of para-hydroxylation sites is 3. The number of hydrogen-bond donors (Lipinski definition) is 1. The number of carbonyl (C=O) groups excluding carboxylic acids is 2. The summed E-state index contributed by atoms with van der Waals surface area (Å²) in [5, 5.41) is 2.93. The van der Waals surface area contributed by atoms with E-state index in [4.69, 9.17) is 4.74 Å². The van der Waals surface area contributed by atoms with Crippen LogP contribution >= 0.6 is 0 Å². The van der Waals surface area contributed by atoms with Crippen LogP contribution in [0.3, 0.4) is 0 Å². The highest BCUT2D eigenvalue weighted by Crippen LogP contribution is 2.29. The Morgan fingerprint density at radius 3 is 2.35 bits per heavy atom. The first-order valence-electron chi connectivity index (χ1n) is 10.9. The van der Waals surface area contributed by atoms with E-state index < -0.39 is 0 Å². The summed E-state index contributed by atoms with van der Waals surface area (Å²) in [5.74, 6) is 0.889. The normalized spacial score (nSPS) is 19.1. The number of anilines is 2. The number of methoxy groups -OCH3 is 1. The smallest absolute Gasteiger partial charge is 0.321 e. The molecule has 2 aliphatic heterocycles. The predicted molar refractivity (Wildman–Crippen MR) is 122 cm³/mol. The summed E-state index contributed by atoms with van der Waals surface area (Å²) >= 11 is 0. The van der Waals surface area contributed by atoms with Gasteiger partial charge in [-0.15, -0.1) is 0 Å². The van der Waals surface area contributed by atoms with Crippen molar-refractivity contribution in [2.45, 2.75) is 12.8 Å². The van der Waals surface area contributed by atoms with Gasteiger partial charge in [-0.2, -0.15) is 0 Å². The fourth-order valence-corrected chi connectivity index (χ4v) is 4.40. The van der Waals surface area contributed by atoms with E-state index in [1.165, 1.54) is 0 Å². The van der Waals surface area contributed by atoms with Crippen molar-refractivity contribution >= 4 is 23.3 Å². The second-order valence-corrected chi connectivity index (χ2v) is 8.07. The highest BCUT2D eigenvalue weighted by atomic mass is 16.5. The van der Waals surface area contributed by atoms with E-state index in [0.717, 1.165) is 43.1 Å². The van der Waals surface area contributed by atoms with Gasteiger partial charge in [-0.1, -0.05) is 30.3 Å². The molecule has 1 N–H and O–H groups in total. The molecule has 2 aromatic carbocycles. The van der Waals surface area contributed by atoms with E-state index in [-0.39, 0.29) is 17.9 Å². The van der Waals surface area contributed by atoms with Crippen LogP contribution in [0.1, 0.15) is 12.8 Å². The molecule has 0 aliphatic carbocycles. The van der Waals surface area contributed by atoms with Gasteiger partial charge in [-0.3, -0.25) is 4.79 Å².